The zero-order valence-corrected chi connectivity index (χ0v) is 16.3. The second-order valence-corrected chi connectivity index (χ2v) is 8.58. The van der Waals surface area contributed by atoms with Crippen LogP contribution in [0.4, 0.5) is 0 Å². The lowest BCUT2D eigenvalue weighted by molar-refractivity contribution is 0.0438. The minimum Gasteiger partial charge on any atom is -0.477 e. The molecule has 7 heteroatoms. The Morgan fingerprint density at radius 1 is 1.19 bits per heavy atom. The monoisotopic (exact) mass is 377 g/mol. The van der Waals surface area contributed by atoms with Crippen molar-refractivity contribution in [1.29, 1.82) is 0 Å². The van der Waals surface area contributed by atoms with E-state index in [1.54, 1.807) is 11.3 Å². The Balaban J connectivity index is 1.63. The van der Waals surface area contributed by atoms with Crippen LogP contribution in [0.15, 0.2) is 18.2 Å². The van der Waals surface area contributed by atoms with Crippen LogP contribution >= 0.6 is 11.3 Å². The molecular weight excluding hydrogens is 350 g/mol. The number of pyridine rings is 1. The van der Waals surface area contributed by atoms with Crippen LogP contribution in [0.5, 0.6) is 5.88 Å². The topological polar surface area (TPSA) is 87.5 Å². The summed E-state index contributed by atoms with van der Waals surface area (Å²) in [6, 6.07) is 5.67. The van der Waals surface area contributed by atoms with E-state index in [1.165, 1.54) is 4.88 Å². The largest absolute Gasteiger partial charge is 0.477 e. The molecule has 2 aromatic heterocycles. The molecule has 1 unspecified atom stereocenters. The van der Waals surface area contributed by atoms with Gasteiger partial charge in [0.1, 0.15) is 0 Å². The van der Waals surface area contributed by atoms with Crippen LogP contribution in [0.25, 0.3) is 0 Å². The number of hydrogen-bond donors (Lipinski definition) is 3. The maximum Gasteiger partial charge on any atom is 0.213 e. The van der Waals surface area contributed by atoms with Gasteiger partial charge in [-0.3, -0.25) is 0 Å². The van der Waals surface area contributed by atoms with Crippen molar-refractivity contribution in [1.82, 2.24) is 15.3 Å². The van der Waals surface area contributed by atoms with Gasteiger partial charge in [-0.15, -0.1) is 11.3 Å². The molecule has 142 valence electrons. The van der Waals surface area contributed by atoms with Gasteiger partial charge in [0, 0.05) is 35.1 Å². The van der Waals surface area contributed by atoms with Crippen molar-refractivity contribution in [2.45, 2.75) is 52.4 Å². The number of ether oxygens (including phenoxy) is 1. The summed E-state index contributed by atoms with van der Waals surface area (Å²) in [5.74, 6) is 0.578. The van der Waals surface area contributed by atoms with Crippen LogP contribution in [-0.4, -0.2) is 45.5 Å². The number of hydrogen-bond acceptors (Lipinski definition) is 7. The molecule has 3 N–H and O–H groups in total. The van der Waals surface area contributed by atoms with Crippen LogP contribution < -0.4 is 10.1 Å². The highest BCUT2D eigenvalue weighted by Crippen LogP contribution is 2.38. The number of nitrogens with zero attached hydrogens (tertiary/aromatic N) is 2. The van der Waals surface area contributed by atoms with Crippen molar-refractivity contribution in [3.8, 4) is 5.88 Å². The van der Waals surface area contributed by atoms with Crippen molar-refractivity contribution in [2.75, 3.05) is 13.2 Å². The summed E-state index contributed by atoms with van der Waals surface area (Å²) in [4.78, 5) is 10.0. The minimum atomic E-state index is -0.710. The SMILES string of the molecule is Cc1cccc(OCC2(CNCc3sc(C)nc3C)C[C@@H](O)[C@@H](O)C2)n1. The second kappa shape index (κ2) is 8.00. The molecule has 0 spiro atoms. The molecule has 0 aliphatic heterocycles. The Labute approximate surface area is 158 Å². The molecule has 0 amide bonds. The first-order valence-corrected chi connectivity index (χ1v) is 9.75. The first-order chi connectivity index (χ1) is 12.4. The Hall–Kier alpha value is -1.54. The molecule has 0 aromatic carbocycles. The number of aliphatic hydroxyl groups excluding tert-OH is 2. The van der Waals surface area contributed by atoms with Gasteiger partial charge in [0.25, 0.3) is 0 Å². The third-order valence-electron chi connectivity index (χ3n) is 4.90. The van der Waals surface area contributed by atoms with E-state index >= 15 is 0 Å². The Bertz CT molecular complexity index is 739. The standard InChI is InChI=1S/C19H27N3O3S/c1-12-5-4-6-18(21-12)25-11-19(7-15(23)16(24)8-19)10-20-9-17-13(2)22-14(3)26-17/h4-6,15-16,20,23-24H,7-11H2,1-3H3/t15-,16+,19?. The molecule has 1 aliphatic rings. The van der Waals surface area contributed by atoms with E-state index in [0.717, 1.165) is 22.9 Å². The highest BCUT2D eigenvalue weighted by atomic mass is 32.1. The maximum absolute atomic E-state index is 10.1. The van der Waals surface area contributed by atoms with Crippen molar-refractivity contribution >= 4 is 11.3 Å². The summed E-state index contributed by atoms with van der Waals surface area (Å²) >= 11 is 1.70. The van der Waals surface area contributed by atoms with Crippen LogP contribution in [0, 0.1) is 26.2 Å². The summed E-state index contributed by atoms with van der Waals surface area (Å²) in [5.41, 5.74) is 1.63. The maximum atomic E-state index is 10.1. The van der Waals surface area contributed by atoms with Gasteiger partial charge in [-0.1, -0.05) is 6.07 Å². The summed E-state index contributed by atoms with van der Waals surface area (Å²) in [6.45, 7) is 7.75. The van der Waals surface area contributed by atoms with E-state index in [9.17, 15) is 10.2 Å². The van der Waals surface area contributed by atoms with Gasteiger partial charge < -0.3 is 20.3 Å². The van der Waals surface area contributed by atoms with Gasteiger partial charge in [0.2, 0.25) is 5.88 Å². The molecule has 6 nitrogen and oxygen atoms in total. The molecule has 2 heterocycles. The van der Waals surface area contributed by atoms with Crippen LogP contribution in [0.2, 0.25) is 0 Å². The fourth-order valence-electron chi connectivity index (χ4n) is 3.56. The van der Waals surface area contributed by atoms with E-state index in [4.69, 9.17) is 4.74 Å². The molecule has 3 atom stereocenters. The third kappa shape index (κ3) is 4.59. The Morgan fingerprint density at radius 2 is 1.92 bits per heavy atom. The predicted octanol–water partition coefficient (Wildman–Crippen LogP) is 2.13. The molecule has 26 heavy (non-hydrogen) atoms. The van der Waals surface area contributed by atoms with E-state index in [2.05, 4.69) is 15.3 Å². The number of thiazole rings is 1. The summed E-state index contributed by atoms with van der Waals surface area (Å²) in [6.07, 6.45) is -0.405. The van der Waals surface area contributed by atoms with Gasteiger partial charge in [-0.25, -0.2) is 9.97 Å². The average molecular weight is 378 g/mol. The molecule has 1 fully saturated rings. The number of nitrogens with one attached hydrogen (secondary N) is 1. The first-order valence-electron chi connectivity index (χ1n) is 8.93. The number of aliphatic hydroxyl groups is 2. The Kier molecular flexibility index (Phi) is 5.92. The summed E-state index contributed by atoms with van der Waals surface area (Å²) < 4.78 is 5.92. The van der Waals surface area contributed by atoms with Crippen molar-refractivity contribution < 1.29 is 14.9 Å². The van der Waals surface area contributed by atoms with Crippen molar-refractivity contribution in [3.63, 3.8) is 0 Å². The molecule has 0 saturated heterocycles. The molecule has 0 radical (unpaired) electrons. The van der Waals surface area contributed by atoms with Crippen molar-refractivity contribution in [3.05, 3.63) is 39.5 Å². The zero-order chi connectivity index (χ0) is 18.7. The van der Waals surface area contributed by atoms with Crippen molar-refractivity contribution in [2.24, 2.45) is 5.41 Å². The smallest absolute Gasteiger partial charge is 0.213 e. The average Bonchev–Trinajstić information content (AvgIpc) is 3.05. The molecule has 1 aliphatic carbocycles. The Morgan fingerprint density at radius 3 is 2.54 bits per heavy atom. The highest BCUT2D eigenvalue weighted by molar-refractivity contribution is 7.11. The second-order valence-electron chi connectivity index (χ2n) is 7.29. The lowest BCUT2D eigenvalue weighted by atomic mass is 9.86. The summed E-state index contributed by atoms with van der Waals surface area (Å²) in [7, 11) is 0. The van der Waals surface area contributed by atoms with Gasteiger partial charge in [-0.05, 0) is 39.7 Å². The number of aryl methyl sites for hydroxylation is 3. The van der Waals surface area contributed by atoms with Gasteiger partial charge >= 0.3 is 0 Å². The zero-order valence-electron chi connectivity index (χ0n) is 15.5. The van der Waals surface area contributed by atoms with Crippen LogP contribution in [0.3, 0.4) is 0 Å². The van der Waals surface area contributed by atoms with E-state index in [0.29, 0.717) is 31.9 Å². The van der Waals surface area contributed by atoms with Gasteiger partial charge in [0.15, 0.2) is 0 Å². The van der Waals surface area contributed by atoms with Crippen LogP contribution in [0.1, 0.15) is 34.1 Å². The van der Waals surface area contributed by atoms with Crippen LogP contribution in [-0.2, 0) is 6.54 Å². The fraction of sp³-hybridized carbons (Fsp3) is 0.579. The number of rotatable bonds is 7. The lowest BCUT2D eigenvalue weighted by Gasteiger charge is -2.29. The molecule has 1 saturated carbocycles. The molecular formula is C19H27N3O3S. The highest BCUT2D eigenvalue weighted by Gasteiger charge is 2.44. The van der Waals surface area contributed by atoms with E-state index in [1.807, 2.05) is 39.0 Å². The molecule has 0 bridgehead atoms. The summed E-state index contributed by atoms with van der Waals surface area (Å²) in [5, 5.41) is 24.7. The van der Waals surface area contributed by atoms with E-state index in [-0.39, 0.29) is 5.41 Å². The van der Waals surface area contributed by atoms with Gasteiger partial charge in [-0.2, -0.15) is 0 Å². The molecule has 2 aromatic rings. The quantitative estimate of drug-likeness (QED) is 0.685. The lowest BCUT2D eigenvalue weighted by Crippen LogP contribution is -2.38. The van der Waals surface area contributed by atoms with Gasteiger partial charge in [0.05, 0.1) is 29.5 Å². The normalized spacial score (nSPS) is 25.6. The fourth-order valence-corrected chi connectivity index (χ4v) is 4.47. The molecule has 3 rings (SSSR count). The predicted molar refractivity (Wildman–Crippen MR) is 101 cm³/mol. The third-order valence-corrected chi connectivity index (χ3v) is 5.98. The number of aromatic nitrogens is 2. The minimum absolute atomic E-state index is 0.322. The van der Waals surface area contributed by atoms with E-state index < -0.39 is 12.2 Å². The first kappa shape index (κ1) is 19.2.